The number of H-pyrrole nitrogens is 1. The smallest absolute Gasteiger partial charge is 0.131 e. The molecule has 4 rings (SSSR count). The first-order valence-electron chi connectivity index (χ1n) is 9.16. The Morgan fingerprint density at radius 1 is 1.26 bits per heavy atom. The maximum absolute atomic E-state index is 14.6. The second kappa shape index (κ2) is 6.93. The van der Waals surface area contributed by atoms with Crippen LogP contribution in [0, 0.1) is 24.1 Å². The van der Waals surface area contributed by atoms with E-state index >= 15 is 0 Å². The fourth-order valence-electron chi connectivity index (χ4n) is 3.91. The number of nitrogens with two attached hydrogens (primary N) is 1. The van der Waals surface area contributed by atoms with Gasteiger partial charge in [-0.05, 0) is 62.2 Å². The van der Waals surface area contributed by atoms with Crippen LogP contribution < -0.4 is 16.4 Å². The van der Waals surface area contributed by atoms with Gasteiger partial charge < -0.3 is 21.4 Å². The summed E-state index contributed by atoms with van der Waals surface area (Å²) in [6.45, 7) is 3.80. The summed E-state index contributed by atoms with van der Waals surface area (Å²) < 4.78 is 14.6. The number of nitrogen functional groups attached to an aromatic ring is 1. The molecule has 0 bridgehead atoms. The molecule has 0 aliphatic carbocycles. The van der Waals surface area contributed by atoms with Crippen LogP contribution in [-0.4, -0.2) is 24.1 Å². The van der Waals surface area contributed by atoms with E-state index < -0.39 is 0 Å². The second-order valence-corrected chi connectivity index (χ2v) is 7.07. The number of hydrogen-bond acceptors (Lipinski definition) is 4. The van der Waals surface area contributed by atoms with Gasteiger partial charge in [0.2, 0.25) is 0 Å². The van der Waals surface area contributed by atoms with Crippen molar-refractivity contribution >= 4 is 22.4 Å². The number of benzene rings is 2. The molecule has 1 aromatic heterocycles. The summed E-state index contributed by atoms with van der Waals surface area (Å²) in [6, 6.07) is 11.4. The number of nitrogens with one attached hydrogen (secondary N) is 3. The minimum atomic E-state index is -0.262. The Balaban J connectivity index is 1.91. The molecule has 1 aliphatic heterocycles. The average molecular weight is 363 g/mol. The number of hydrogen-bond donors (Lipinski definition) is 4. The van der Waals surface area contributed by atoms with Crippen LogP contribution in [0.4, 0.5) is 15.9 Å². The monoisotopic (exact) mass is 363 g/mol. The van der Waals surface area contributed by atoms with Crippen LogP contribution >= 0.6 is 0 Å². The van der Waals surface area contributed by atoms with Gasteiger partial charge in [-0.1, -0.05) is 12.1 Å². The highest BCUT2D eigenvalue weighted by atomic mass is 19.1. The molecule has 0 unspecified atom stereocenters. The van der Waals surface area contributed by atoms with E-state index in [0.29, 0.717) is 23.0 Å². The maximum Gasteiger partial charge on any atom is 0.131 e. The molecule has 27 heavy (non-hydrogen) atoms. The van der Waals surface area contributed by atoms with Gasteiger partial charge in [0.25, 0.3) is 0 Å². The third-order valence-electron chi connectivity index (χ3n) is 5.25. The Morgan fingerprint density at radius 2 is 2.04 bits per heavy atom. The van der Waals surface area contributed by atoms with E-state index in [1.165, 1.54) is 6.07 Å². The molecule has 1 fully saturated rings. The van der Waals surface area contributed by atoms with Crippen LogP contribution in [0.15, 0.2) is 30.3 Å². The summed E-state index contributed by atoms with van der Waals surface area (Å²) in [4.78, 5) is 3.09. The first kappa shape index (κ1) is 17.4. The number of nitrogens with zero attached hydrogens (tertiary/aromatic N) is 1. The predicted molar refractivity (Wildman–Crippen MR) is 107 cm³/mol. The first-order chi connectivity index (χ1) is 13.1. The number of aryl methyl sites for hydroxylation is 1. The van der Waals surface area contributed by atoms with Gasteiger partial charge in [0, 0.05) is 22.7 Å². The van der Waals surface area contributed by atoms with Crippen molar-refractivity contribution in [3.8, 4) is 17.2 Å². The maximum atomic E-state index is 14.6. The Labute approximate surface area is 157 Å². The lowest BCUT2D eigenvalue weighted by molar-refractivity contribution is 0.479. The Bertz CT molecular complexity index is 1020. The molecular weight excluding hydrogens is 341 g/mol. The number of rotatable bonds is 3. The number of halogens is 1. The second-order valence-electron chi connectivity index (χ2n) is 7.07. The van der Waals surface area contributed by atoms with Gasteiger partial charge in [-0.2, -0.15) is 5.26 Å². The highest BCUT2D eigenvalue weighted by molar-refractivity contribution is 6.03. The molecule has 5 N–H and O–H groups in total. The van der Waals surface area contributed by atoms with E-state index in [-0.39, 0.29) is 5.82 Å². The zero-order chi connectivity index (χ0) is 19.0. The molecule has 6 heteroatoms. The summed E-state index contributed by atoms with van der Waals surface area (Å²) in [7, 11) is 0. The van der Waals surface area contributed by atoms with Crippen molar-refractivity contribution in [3.63, 3.8) is 0 Å². The van der Waals surface area contributed by atoms with Crippen LogP contribution in [0.5, 0.6) is 0 Å². The van der Waals surface area contributed by atoms with E-state index in [1.54, 1.807) is 6.07 Å². The lowest BCUT2D eigenvalue weighted by Crippen LogP contribution is -2.35. The molecule has 138 valence electrons. The Hall–Kier alpha value is -3.04. The van der Waals surface area contributed by atoms with Gasteiger partial charge in [0.1, 0.15) is 23.3 Å². The molecule has 0 spiro atoms. The number of piperidine rings is 1. The van der Waals surface area contributed by atoms with Gasteiger partial charge in [-0.15, -0.1) is 0 Å². The lowest BCUT2D eigenvalue weighted by atomic mass is 9.96. The van der Waals surface area contributed by atoms with Gasteiger partial charge in [0.05, 0.1) is 5.52 Å². The average Bonchev–Trinajstić information content (AvgIpc) is 2.98. The summed E-state index contributed by atoms with van der Waals surface area (Å²) in [5.74, 6) is 0.0745. The normalized spacial score (nSPS) is 15.0. The van der Waals surface area contributed by atoms with E-state index in [0.717, 1.165) is 53.6 Å². The number of nitriles is 1. The van der Waals surface area contributed by atoms with Crippen molar-refractivity contribution in [3.05, 3.63) is 47.3 Å². The van der Waals surface area contributed by atoms with Crippen LogP contribution in [0.1, 0.15) is 24.0 Å². The van der Waals surface area contributed by atoms with Gasteiger partial charge in [0.15, 0.2) is 0 Å². The van der Waals surface area contributed by atoms with E-state index in [9.17, 15) is 9.65 Å². The minimum Gasteiger partial charge on any atom is -0.384 e. The van der Waals surface area contributed by atoms with Crippen molar-refractivity contribution in [2.45, 2.75) is 25.8 Å². The molecule has 2 heterocycles. The minimum absolute atomic E-state index is 0.262. The predicted octanol–water partition coefficient (Wildman–Crippen LogP) is 3.90. The summed E-state index contributed by atoms with van der Waals surface area (Å²) in [5.41, 5.74) is 10.2. The molecule has 0 saturated carbocycles. The molecule has 3 aromatic rings. The lowest BCUT2D eigenvalue weighted by Gasteiger charge is -2.25. The molecule has 0 amide bonds. The zero-order valence-corrected chi connectivity index (χ0v) is 15.2. The summed E-state index contributed by atoms with van der Waals surface area (Å²) >= 11 is 0. The molecule has 0 atom stereocenters. The van der Waals surface area contributed by atoms with Crippen molar-refractivity contribution in [2.24, 2.45) is 0 Å². The van der Waals surface area contributed by atoms with Crippen LogP contribution in [0.2, 0.25) is 0 Å². The fourth-order valence-corrected chi connectivity index (χ4v) is 3.91. The molecule has 1 aliphatic rings. The molecule has 0 radical (unpaired) electrons. The molecule has 5 nitrogen and oxygen atoms in total. The molecule has 1 saturated heterocycles. The number of anilines is 2. The summed E-state index contributed by atoms with van der Waals surface area (Å²) in [6.07, 6.45) is 1.98. The van der Waals surface area contributed by atoms with E-state index in [4.69, 9.17) is 5.73 Å². The van der Waals surface area contributed by atoms with Crippen LogP contribution in [0.3, 0.4) is 0 Å². The fraction of sp³-hybridized carbons (Fsp3) is 0.286. The number of aromatic nitrogens is 1. The first-order valence-corrected chi connectivity index (χ1v) is 9.16. The van der Waals surface area contributed by atoms with Crippen molar-refractivity contribution < 1.29 is 4.39 Å². The number of fused-ring (bicyclic) bond motifs is 1. The molecule has 2 aromatic carbocycles. The summed E-state index contributed by atoms with van der Waals surface area (Å²) in [5, 5.41) is 17.3. The SMILES string of the molecule is Cc1cccc(F)c1-c1cc(NC2CCNCC2)c2c(C#N)c(N)[nH]c2c1. The molecular formula is C21H22FN5. The van der Waals surface area contributed by atoms with E-state index in [1.807, 2.05) is 25.1 Å². The van der Waals surface area contributed by atoms with Gasteiger partial charge >= 0.3 is 0 Å². The Kier molecular flexibility index (Phi) is 4.46. The zero-order valence-electron chi connectivity index (χ0n) is 15.2. The quantitative estimate of drug-likeness (QED) is 0.568. The van der Waals surface area contributed by atoms with Crippen molar-refractivity contribution in [2.75, 3.05) is 24.1 Å². The van der Waals surface area contributed by atoms with Crippen molar-refractivity contribution in [1.29, 1.82) is 5.26 Å². The van der Waals surface area contributed by atoms with Crippen LogP contribution in [-0.2, 0) is 0 Å². The van der Waals surface area contributed by atoms with Gasteiger partial charge in [-0.3, -0.25) is 0 Å². The Morgan fingerprint density at radius 3 is 2.74 bits per heavy atom. The topological polar surface area (TPSA) is 89.7 Å². The van der Waals surface area contributed by atoms with Crippen LogP contribution in [0.25, 0.3) is 22.0 Å². The highest BCUT2D eigenvalue weighted by Crippen LogP contribution is 2.37. The number of aromatic amines is 1. The standard InChI is InChI=1S/C21H22FN5/c1-12-3-2-4-16(22)19(12)13-9-17(26-14-5-7-25-8-6-14)20-15(11-23)21(24)27-18(20)10-13/h2-4,9-10,14,25-27H,5-8,24H2,1H3. The van der Waals surface area contributed by atoms with E-state index in [2.05, 4.69) is 21.7 Å². The largest absolute Gasteiger partial charge is 0.384 e. The third-order valence-corrected chi connectivity index (χ3v) is 5.25. The van der Waals surface area contributed by atoms with Gasteiger partial charge in [-0.25, -0.2) is 4.39 Å². The van der Waals surface area contributed by atoms with Crippen molar-refractivity contribution in [1.82, 2.24) is 10.3 Å². The highest BCUT2D eigenvalue weighted by Gasteiger charge is 2.20. The third kappa shape index (κ3) is 3.11.